The van der Waals surface area contributed by atoms with Gasteiger partial charge in [-0.3, -0.25) is 9.59 Å². The van der Waals surface area contributed by atoms with Crippen LogP contribution in [0, 0.1) is 5.92 Å². The Labute approximate surface area is 157 Å². The fraction of sp³-hybridized carbons (Fsp3) is 0.421. The summed E-state index contributed by atoms with van der Waals surface area (Å²) < 4.78 is 1.76. The molecule has 1 aliphatic rings. The topological polar surface area (TPSA) is 75.4 Å². The second kappa shape index (κ2) is 7.50. The van der Waals surface area contributed by atoms with Crippen LogP contribution in [0.2, 0.25) is 5.02 Å². The summed E-state index contributed by atoms with van der Waals surface area (Å²) in [7, 11) is 0. The maximum atomic E-state index is 13.0. The van der Waals surface area contributed by atoms with Crippen molar-refractivity contribution in [2.45, 2.75) is 32.6 Å². The lowest BCUT2D eigenvalue weighted by Gasteiger charge is -2.30. The molecule has 0 saturated carbocycles. The number of carboxylic acid groups (broad SMARTS) is 1. The largest absolute Gasteiger partial charge is 0.481 e. The van der Waals surface area contributed by atoms with Gasteiger partial charge in [0.25, 0.3) is 5.91 Å². The van der Waals surface area contributed by atoms with Crippen LogP contribution in [0.15, 0.2) is 30.5 Å². The molecule has 0 unspecified atom stereocenters. The molecule has 26 heavy (non-hydrogen) atoms. The Morgan fingerprint density at radius 2 is 1.96 bits per heavy atom. The van der Waals surface area contributed by atoms with Crippen molar-refractivity contribution in [3.8, 4) is 5.69 Å². The first-order chi connectivity index (χ1) is 12.4. The van der Waals surface area contributed by atoms with Gasteiger partial charge >= 0.3 is 5.97 Å². The third-order valence-electron chi connectivity index (χ3n) is 4.77. The van der Waals surface area contributed by atoms with E-state index in [1.54, 1.807) is 21.8 Å². The molecule has 1 N–H and O–H groups in total. The molecule has 0 radical (unpaired) electrons. The van der Waals surface area contributed by atoms with E-state index in [-0.39, 0.29) is 17.7 Å². The maximum absolute atomic E-state index is 13.0. The lowest BCUT2D eigenvalue weighted by molar-refractivity contribution is -0.143. The summed E-state index contributed by atoms with van der Waals surface area (Å²) >= 11 is 6.09. The van der Waals surface area contributed by atoms with Crippen molar-refractivity contribution in [1.29, 1.82) is 0 Å². The molecule has 0 atom stereocenters. The predicted molar refractivity (Wildman–Crippen MR) is 98.9 cm³/mol. The fourth-order valence-electron chi connectivity index (χ4n) is 3.39. The minimum Gasteiger partial charge on any atom is -0.481 e. The number of benzene rings is 1. The SMILES string of the molecule is CC(C)c1c(C(=O)N2CCC(C(=O)O)CC2)cnn1-c1cccc(Cl)c1. The van der Waals surface area contributed by atoms with E-state index < -0.39 is 5.97 Å². The number of carbonyl (C=O) groups excluding carboxylic acids is 1. The third kappa shape index (κ3) is 3.60. The van der Waals surface area contributed by atoms with Gasteiger partial charge in [0.15, 0.2) is 0 Å². The van der Waals surface area contributed by atoms with Crippen LogP contribution in [-0.2, 0) is 4.79 Å². The van der Waals surface area contributed by atoms with E-state index in [4.69, 9.17) is 16.7 Å². The van der Waals surface area contributed by atoms with Gasteiger partial charge in [-0.1, -0.05) is 31.5 Å². The lowest BCUT2D eigenvalue weighted by Crippen LogP contribution is -2.40. The number of nitrogens with zero attached hydrogens (tertiary/aromatic N) is 3. The fourth-order valence-corrected chi connectivity index (χ4v) is 3.58. The summed E-state index contributed by atoms with van der Waals surface area (Å²) in [6.07, 6.45) is 2.57. The first-order valence-corrected chi connectivity index (χ1v) is 9.12. The minimum absolute atomic E-state index is 0.0898. The Morgan fingerprint density at radius 3 is 2.54 bits per heavy atom. The number of halogens is 1. The molecule has 0 aliphatic carbocycles. The molecule has 3 rings (SSSR count). The molecule has 0 spiro atoms. The van der Waals surface area contributed by atoms with Crippen LogP contribution in [0.1, 0.15) is 48.7 Å². The van der Waals surface area contributed by atoms with Gasteiger partial charge in [0.2, 0.25) is 0 Å². The highest BCUT2D eigenvalue weighted by Gasteiger charge is 2.30. The van der Waals surface area contributed by atoms with E-state index in [1.165, 1.54) is 0 Å². The number of aromatic nitrogens is 2. The highest BCUT2D eigenvalue weighted by Crippen LogP contribution is 2.27. The molecule has 1 aromatic carbocycles. The molecule has 1 amide bonds. The van der Waals surface area contributed by atoms with E-state index in [0.29, 0.717) is 36.5 Å². The molecule has 1 aromatic heterocycles. The minimum atomic E-state index is -0.784. The van der Waals surface area contributed by atoms with Gasteiger partial charge in [0.1, 0.15) is 0 Å². The second-order valence-electron chi connectivity index (χ2n) is 6.89. The summed E-state index contributed by atoms with van der Waals surface area (Å²) in [6, 6.07) is 7.36. The van der Waals surface area contributed by atoms with Crippen molar-refractivity contribution in [1.82, 2.24) is 14.7 Å². The molecule has 2 aromatic rings. The molecule has 1 saturated heterocycles. The number of carboxylic acids is 1. The Bertz CT molecular complexity index is 823. The maximum Gasteiger partial charge on any atom is 0.306 e. The average Bonchev–Trinajstić information content (AvgIpc) is 3.06. The summed E-state index contributed by atoms with van der Waals surface area (Å²) in [4.78, 5) is 25.8. The van der Waals surface area contributed by atoms with Crippen molar-refractivity contribution < 1.29 is 14.7 Å². The number of piperidine rings is 1. The lowest BCUT2D eigenvalue weighted by atomic mass is 9.96. The number of carbonyl (C=O) groups is 2. The van der Waals surface area contributed by atoms with Gasteiger partial charge in [0, 0.05) is 18.1 Å². The first-order valence-electron chi connectivity index (χ1n) is 8.74. The van der Waals surface area contributed by atoms with Gasteiger partial charge in [-0.25, -0.2) is 4.68 Å². The van der Waals surface area contributed by atoms with Crippen molar-refractivity contribution in [3.63, 3.8) is 0 Å². The molecule has 138 valence electrons. The van der Waals surface area contributed by atoms with E-state index >= 15 is 0 Å². The molecule has 2 heterocycles. The van der Waals surface area contributed by atoms with Crippen molar-refractivity contribution in [2.24, 2.45) is 5.92 Å². The molecular formula is C19H22ClN3O3. The number of likely N-dealkylation sites (tertiary alicyclic amines) is 1. The Kier molecular flexibility index (Phi) is 5.32. The first kappa shape index (κ1) is 18.5. The standard InChI is InChI=1S/C19H22ClN3O3/c1-12(2)17-16(11-21-23(17)15-5-3-4-14(20)10-15)18(24)22-8-6-13(7-9-22)19(25)26/h3-5,10-13H,6-9H2,1-2H3,(H,25,26). The van der Waals surface area contributed by atoms with Crippen LogP contribution < -0.4 is 0 Å². The molecule has 6 nitrogen and oxygen atoms in total. The summed E-state index contributed by atoms with van der Waals surface area (Å²) in [5.74, 6) is -1.15. The number of hydrogen-bond acceptors (Lipinski definition) is 3. The summed E-state index contributed by atoms with van der Waals surface area (Å²) in [5.41, 5.74) is 2.20. The average molecular weight is 376 g/mol. The molecule has 7 heteroatoms. The van der Waals surface area contributed by atoms with E-state index in [2.05, 4.69) is 5.10 Å². The summed E-state index contributed by atoms with van der Waals surface area (Å²) in [6.45, 7) is 4.95. The number of rotatable bonds is 4. The summed E-state index contributed by atoms with van der Waals surface area (Å²) in [5, 5.41) is 14.2. The van der Waals surface area contributed by atoms with Crippen molar-refractivity contribution in [2.75, 3.05) is 13.1 Å². The van der Waals surface area contributed by atoms with E-state index in [1.807, 2.05) is 32.0 Å². The smallest absolute Gasteiger partial charge is 0.306 e. The van der Waals surface area contributed by atoms with Gasteiger partial charge in [-0.2, -0.15) is 5.10 Å². The van der Waals surface area contributed by atoms with Crippen molar-refractivity contribution in [3.05, 3.63) is 46.7 Å². The third-order valence-corrected chi connectivity index (χ3v) is 5.00. The molecular weight excluding hydrogens is 354 g/mol. The second-order valence-corrected chi connectivity index (χ2v) is 7.33. The Balaban J connectivity index is 1.89. The monoisotopic (exact) mass is 375 g/mol. The molecule has 1 fully saturated rings. The zero-order chi connectivity index (χ0) is 18.8. The molecule has 0 bridgehead atoms. The van der Waals surface area contributed by atoms with Gasteiger partial charge in [-0.15, -0.1) is 0 Å². The Hall–Kier alpha value is -2.34. The highest BCUT2D eigenvalue weighted by molar-refractivity contribution is 6.30. The van der Waals surface area contributed by atoms with Crippen LogP contribution in [0.3, 0.4) is 0 Å². The van der Waals surface area contributed by atoms with E-state index in [9.17, 15) is 9.59 Å². The number of amides is 1. The van der Waals surface area contributed by atoms with Crippen LogP contribution in [0.25, 0.3) is 5.69 Å². The number of hydrogen-bond donors (Lipinski definition) is 1. The normalized spacial score (nSPS) is 15.5. The highest BCUT2D eigenvalue weighted by atomic mass is 35.5. The van der Waals surface area contributed by atoms with Gasteiger partial charge < -0.3 is 10.0 Å². The quantitative estimate of drug-likeness (QED) is 0.886. The predicted octanol–water partition coefficient (Wildman–Crippen LogP) is 3.59. The zero-order valence-corrected chi connectivity index (χ0v) is 15.6. The molecule has 1 aliphatic heterocycles. The van der Waals surface area contributed by atoms with Gasteiger partial charge in [0.05, 0.1) is 29.1 Å². The number of aliphatic carboxylic acids is 1. The van der Waals surface area contributed by atoms with Crippen LogP contribution in [0.5, 0.6) is 0 Å². The Morgan fingerprint density at radius 1 is 1.27 bits per heavy atom. The van der Waals surface area contributed by atoms with Crippen molar-refractivity contribution >= 4 is 23.5 Å². The van der Waals surface area contributed by atoms with Gasteiger partial charge in [-0.05, 0) is 37.0 Å². The van der Waals surface area contributed by atoms with E-state index in [0.717, 1.165) is 11.4 Å². The zero-order valence-electron chi connectivity index (χ0n) is 14.9. The van der Waals surface area contributed by atoms with Crippen LogP contribution in [-0.4, -0.2) is 44.8 Å². The van der Waals surface area contributed by atoms with Crippen LogP contribution in [0.4, 0.5) is 0 Å². The van der Waals surface area contributed by atoms with Crippen LogP contribution >= 0.6 is 11.6 Å².